The summed E-state index contributed by atoms with van der Waals surface area (Å²) in [5.74, 6) is -0.0185. The molecule has 0 aliphatic carbocycles. The van der Waals surface area contributed by atoms with Crippen LogP contribution in [0.5, 0.6) is 0 Å². The molecule has 0 aromatic rings. The van der Waals surface area contributed by atoms with Gasteiger partial charge in [-0.1, -0.05) is 13.3 Å². The number of amides is 1. The normalized spacial score (nSPS) is 18.8. The number of unbranched alkanes of at least 4 members (excludes halogenated alkanes) is 1. The fourth-order valence-corrected chi connectivity index (χ4v) is 3.32. The summed E-state index contributed by atoms with van der Waals surface area (Å²) in [5.41, 5.74) is 0. The molecule has 0 aromatic carbocycles. The number of sulfonamides is 1. The zero-order chi connectivity index (χ0) is 13.6. The van der Waals surface area contributed by atoms with Gasteiger partial charge in [-0.2, -0.15) is 0 Å². The van der Waals surface area contributed by atoms with E-state index < -0.39 is 10.0 Å². The molecule has 0 bridgehead atoms. The fourth-order valence-electron chi connectivity index (χ4n) is 2.00. The van der Waals surface area contributed by atoms with Crippen molar-refractivity contribution in [3.8, 4) is 0 Å². The molecule has 1 aliphatic heterocycles. The molecule has 1 rings (SSSR count). The lowest BCUT2D eigenvalue weighted by Crippen LogP contribution is -2.43. The second-order valence-electron chi connectivity index (χ2n) is 4.54. The van der Waals surface area contributed by atoms with E-state index in [9.17, 15) is 13.2 Å². The predicted octanol–water partition coefficient (Wildman–Crippen LogP) is 1.14. The van der Waals surface area contributed by atoms with E-state index in [1.165, 1.54) is 4.31 Å². The Kier molecular flexibility index (Phi) is 6.38. The Morgan fingerprint density at radius 2 is 2.00 bits per heavy atom. The smallest absolute Gasteiger partial charge is 0.228 e. The van der Waals surface area contributed by atoms with Crippen LogP contribution in [0.4, 0.5) is 0 Å². The monoisotopic (exact) mass is 296 g/mol. The molecule has 0 saturated carbocycles. The number of rotatable bonds is 6. The molecule has 1 saturated heterocycles. The van der Waals surface area contributed by atoms with Crippen molar-refractivity contribution in [1.29, 1.82) is 0 Å². The summed E-state index contributed by atoms with van der Waals surface area (Å²) >= 11 is 5.40. The van der Waals surface area contributed by atoms with Gasteiger partial charge in [-0.3, -0.25) is 4.79 Å². The number of carbonyl (C=O) groups excluding carboxylic acids is 1. The van der Waals surface area contributed by atoms with Crippen LogP contribution in [0.2, 0.25) is 0 Å². The second-order valence-corrected chi connectivity index (χ2v) is 7.09. The molecule has 0 unspecified atom stereocenters. The molecule has 5 nitrogen and oxygen atoms in total. The van der Waals surface area contributed by atoms with Crippen LogP contribution in [0.3, 0.4) is 0 Å². The first-order valence-corrected chi connectivity index (χ1v) is 8.47. The molecule has 1 N–H and O–H groups in total. The van der Waals surface area contributed by atoms with Crippen molar-refractivity contribution in [2.45, 2.75) is 32.6 Å². The summed E-state index contributed by atoms with van der Waals surface area (Å²) in [6.07, 6.45) is 3.18. The van der Waals surface area contributed by atoms with Gasteiger partial charge in [0.05, 0.1) is 0 Å². The summed E-state index contributed by atoms with van der Waals surface area (Å²) in [5, 5.41) is 2.50. The maximum absolute atomic E-state index is 11.8. The van der Waals surface area contributed by atoms with Crippen LogP contribution < -0.4 is 5.32 Å². The van der Waals surface area contributed by atoms with Crippen LogP contribution in [0.15, 0.2) is 0 Å². The molecule has 0 aromatic heterocycles. The quantitative estimate of drug-likeness (QED) is 0.590. The van der Waals surface area contributed by atoms with Crippen molar-refractivity contribution < 1.29 is 13.2 Å². The Bertz CT molecular complexity index is 364. The maximum Gasteiger partial charge on any atom is 0.228 e. The SMILES string of the molecule is CCCCNC(=O)C1CCN(S(=O)(=O)CCl)CC1. The van der Waals surface area contributed by atoms with Crippen LogP contribution in [0.25, 0.3) is 0 Å². The molecule has 1 heterocycles. The van der Waals surface area contributed by atoms with E-state index >= 15 is 0 Å². The van der Waals surface area contributed by atoms with Gasteiger partial charge in [-0.05, 0) is 19.3 Å². The number of nitrogens with one attached hydrogen (secondary N) is 1. The molecular weight excluding hydrogens is 276 g/mol. The van der Waals surface area contributed by atoms with Gasteiger partial charge in [-0.25, -0.2) is 12.7 Å². The van der Waals surface area contributed by atoms with Gasteiger partial charge < -0.3 is 5.32 Å². The van der Waals surface area contributed by atoms with Gasteiger partial charge >= 0.3 is 0 Å². The standard InChI is InChI=1S/C11H21ClN2O3S/c1-2-3-6-13-11(15)10-4-7-14(8-5-10)18(16,17)9-12/h10H,2-9H2,1H3,(H,13,15). The van der Waals surface area contributed by atoms with Crippen molar-refractivity contribution in [1.82, 2.24) is 9.62 Å². The highest BCUT2D eigenvalue weighted by Crippen LogP contribution is 2.20. The Balaban J connectivity index is 2.37. The van der Waals surface area contributed by atoms with Crippen molar-refractivity contribution in [3.63, 3.8) is 0 Å². The topological polar surface area (TPSA) is 66.5 Å². The first-order valence-electron chi connectivity index (χ1n) is 6.32. The third-order valence-corrected chi connectivity index (χ3v) is 5.44. The molecule has 18 heavy (non-hydrogen) atoms. The molecule has 0 spiro atoms. The lowest BCUT2D eigenvalue weighted by Gasteiger charge is -2.29. The first-order chi connectivity index (χ1) is 8.51. The largest absolute Gasteiger partial charge is 0.356 e. The summed E-state index contributed by atoms with van der Waals surface area (Å²) in [6.45, 7) is 3.55. The minimum absolute atomic E-state index is 0.0476. The first kappa shape index (κ1) is 15.7. The molecule has 0 atom stereocenters. The lowest BCUT2D eigenvalue weighted by atomic mass is 9.97. The van der Waals surface area contributed by atoms with E-state index in [1.807, 2.05) is 0 Å². The number of piperidine rings is 1. The molecule has 1 aliphatic rings. The Hall–Kier alpha value is -0.330. The van der Waals surface area contributed by atoms with Gasteiger partial charge in [0.15, 0.2) is 0 Å². The van der Waals surface area contributed by atoms with Gasteiger partial charge in [0.2, 0.25) is 15.9 Å². The number of alkyl halides is 1. The van der Waals surface area contributed by atoms with E-state index in [-0.39, 0.29) is 17.0 Å². The van der Waals surface area contributed by atoms with Crippen molar-refractivity contribution in [2.24, 2.45) is 5.92 Å². The van der Waals surface area contributed by atoms with Gasteiger partial charge in [0.25, 0.3) is 0 Å². The number of nitrogens with zero attached hydrogens (tertiary/aromatic N) is 1. The Morgan fingerprint density at radius 3 is 2.50 bits per heavy atom. The van der Waals surface area contributed by atoms with Gasteiger partial charge in [-0.15, -0.1) is 11.6 Å². The van der Waals surface area contributed by atoms with E-state index in [4.69, 9.17) is 11.6 Å². The van der Waals surface area contributed by atoms with Crippen LogP contribution in [-0.4, -0.2) is 43.5 Å². The highest BCUT2D eigenvalue weighted by molar-refractivity contribution is 7.90. The number of halogens is 1. The summed E-state index contributed by atoms with van der Waals surface area (Å²) in [7, 11) is -3.32. The van der Waals surface area contributed by atoms with Crippen molar-refractivity contribution in [2.75, 3.05) is 24.8 Å². The molecule has 1 fully saturated rings. The fraction of sp³-hybridized carbons (Fsp3) is 0.909. The average molecular weight is 297 g/mol. The molecule has 1 amide bonds. The van der Waals surface area contributed by atoms with E-state index in [0.717, 1.165) is 12.8 Å². The number of carbonyl (C=O) groups is 1. The minimum Gasteiger partial charge on any atom is -0.356 e. The third-order valence-electron chi connectivity index (χ3n) is 3.19. The Labute approximate surface area is 114 Å². The highest BCUT2D eigenvalue weighted by atomic mass is 35.5. The van der Waals surface area contributed by atoms with E-state index in [1.54, 1.807) is 0 Å². The van der Waals surface area contributed by atoms with Crippen molar-refractivity contribution >= 4 is 27.5 Å². The summed E-state index contributed by atoms with van der Waals surface area (Å²) < 4.78 is 24.4. The summed E-state index contributed by atoms with van der Waals surface area (Å²) in [4.78, 5) is 11.8. The molecular formula is C11H21ClN2O3S. The van der Waals surface area contributed by atoms with Crippen LogP contribution in [0, 0.1) is 5.92 Å². The average Bonchev–Trinajstić information content (AvgIpc) is 2.39. The van der Waals surface area contributed by atoms with E-state index in [2.05, 4.69) is 12.2 Å². The third kappa shape index (κ3) is 4.40. The Morgan fingerprint density at radius 1 is 1.39 bits per heavy atom. The number of hydrogen-bond acceptors (Lipinski definition) is 3. The van der Waals surface area contributed by atoms with Crippen LogP contribution >= 0.6 is 11.6 Å². The lowest BCUT2D eigenvalue weighted by molar-refractivity contribution is -0.126. The molecule has 106 valence electrons. The molecule has 7 heteroatoms. The van der Waals surface area contributed by atoms with Gasteiger partial charge in [0, 0.05) is 25.6 Å². The summed E-state index contributed by atoms with van der Waals surface area (Å²) in [6, 6.07) is 0. The number of hydrogen-bond donors (Lipinski definition) is 1. The minimum atomic E-state index is -3.32. The van der Waals surface area contributed by atoms with Crippen LogP contribution in [-0.2, 0) is 14.8 Å². The van der Waals surface area contributed by atoms with Crippen LogP contribution in [0.1, 0.15) is 32.6 Å². The van der Waals surface area contributed by atoms with Gasteiger partial charge in [0.1, 0.15) is 5.21 Å². The maximum atomic E-state index is 11.8. The zero-order valence-corrected chi connectivity index (χ0v) is 12.3. The zero-order valence-electron chi connectivity index (χ0n) is 10.7. The molecule has 0 radical (unpaired) electrons. The van der Waals surface area contributed by atoms with Crippen molar-refractivity contribution in [3.05, 3.63) is 0 Å². The second kappa shape index (κ2) is 7.31. The predicted molar refractivity (Wildman–Crippen MR) is 71.9 cm³/mol. The van der Waals surface area contributed by atoms with E-state index in [0.29, 0.717) is 32.5 Å². The highest BCUT2D eigenvalue weighted by Gasteiger charge is 2.30.